The maximum Gasteiger partial charge on any atom is 0.348 e. The maximum absolute atomic E-state index is 11.3. The number of hydrogen-bond donors (Lipinski definition) is 2. The molecule has 0 spiro atoms. The number of methoxy groups -OCH3 is 1. The van der Waals surface area contributed by atoms with E-state index in [2.05, 4.69) is 10.1 Å². The largest absolute Gasteiger partial charge is 0.477 e. The second-order valence-electron chi connectivity index (χ2n) is 3.25. The van der Waals surface area contributed by atoms with Crippen molar-refractivity contribution in [2.45, 2.75) is 6.92 Å². The lowest BCUT2D eigenvalue weighted by Gasteiger charge is -2.03. The highest BCUT2D eigenvalue weighted by atomic mass is 32.2. The summed E-state index contributed by atoms with van der Waals surface area (Å²) in [6, 6.07) is 1.72. The number of carboxylic acid groups (broad SMARTS) is 1. The van der Waals surface area contributed by atoms with Crippen molar-refractivity contribution in [2.75, 3.05) is 18.7 Å². The van der Waals surface area contributed by atoms with Crippen molar-refractivity contribution in [2.24, 2.45) is 0 Å². The monoisotopic (exact) mass is 287 g/mol. The molecule has 98 valence electrons. The third-order valence-corrected chi connectivity index (χ3v) is 3.78. The fourth-order valence-corrected chi connectivity index (χ4v) is 2.47. The Balaban J connectivity index is 2.94. The summed E-state index contributed by atoms with van der Waals surface area (Å²) in [5, 5.41) is 11.8. The number of aryl methyl sites for hydroxylation is 1. The van der Waals surface area contributed by atoms with E-state index in [0.29, 0.717) is 10.6 Å². The van der Waals surface area contributed by atoms with Gasteiger partial charge in [0.2, 0.25) is 0 Å². The minimum atomic E-state index is -0.993. The van der Waals surface area contributed by atoms with E-state index < -0.39 is 11.9 Å². The summed E-state index contributed by atoms with van der Waals surface area (Å²) in [6.07, 6.45) is 3.19. The molecule has 0 aliphatic heterocycles. The number of ether oxygens (including phenoxy) is 1. The predicted molar refractivity (Wildman–Crippen MR) is 73.3 cm³/mol. The van der Waals surface area contributed by atoms with Crippen LogP contribution in [0.15, 0.2) is 17.2 Å². The Kier molecular flexibility index (Phi) is 5.24. The van der Waals surface area contributed by atoms with Gasteiger partial charge in [-0.15, -0.1) is 23.1 Å². The van der Waals surface area contributed by atoms with Gasteiger partial charge in [-0.1, -0.05) is 0 Å². The number of anilines is 1. The Labute approximate surface area is 113 Å². The molecule has 0 amide bonds. The van der Waals surface area contributed by atoms with Crippen LogP contribution in [0.4, 0.5) is 5.69 Å². The average molecular weight is 287 g/mol. The van der Waals surface area contributed by atoms with Crippen molar-refractivity contribution in [3.63, 3.8) is 0 Å². The third-order valence-electron chi connectivity index (χ3n) is 2.01. The number of hydrogen-bond acceptors (Lipinski definition) is 6. The van der Waals surface area contributed by atoms with Gasteiger partial charge in [-0.3, -0.25) is 0 Å². The van der Waals surface area contributed by atoms with E-state index in [9.17, 15) is 9.59 Å². The fraction of sp³-hybridized carbons (Fsp3) is 0.273. The van der Waals surface area contributed by atoms with Crippen molar-refractivity contribution in [3.8, 4) is 0 Å². The molecule has 2 N–H and O–H groups in total. The van der Waals surface area contributed by atoms with Crippen LogP contribution in [-0.2, 0) is 9.53 Å². The van der Waals surface area contributed by atoms with Crippen LogP contribution in [0.3, 0.4) is 0 Å². The highest BCUT2D eigenvalue weighted by molar-refractivity contribution is 8.03. The molecule has 1 aromatic heterocycles. The van der Waals surface area contributed by atoms with Crippen LogP contribution in [0.5, 0.6) is 0 Å². The van der Waals surface area contributed by atoms with Crippen LogP contribution in [0.2, 0.25) is 0 Å². The van der Waals surface area contributed by atoms with Gasteiger partial charge in [0.1, 0.15) is 9.78 Å². The average Bonchev–Trinajstić information content (AvgIpc) is 2.71. The fourth-order valence-electron chi connectivity index (χ4n) is 1.23. The highest BCUT2D eigenvalue weighted by Gasteiger charge is 2.14. The summed E-state index contributed by atoms with van der Waals surface area (Å²) in [5.74, 6) is -1.45. The number of carboxylic acids is 1. The van der Waals surface area contributed by atoms with E-state index in [1.54, 1.807) is 12.3 Å². The van der Waals surface area contributed by atoms with Crippen molar-refractivity contribution in [1.29, 1.82) is 0 Å². The maximum atomic E-state index is 11.3. The minimum Gasteiger partial charge on any atom is -0.477 e. The molecular weight excluding hydrogens is 274 g/mol. The van der Waals surface area contributed by atoms with Gasteiger partial charge in [-0.05, 0) is 19.2 Å². The summed E-state index contributed by atoms with van der Waals surface area (Å²) in [7, 11) is 1.30. The van der Waals surface area contributed by atoms with Crippen molar-refractivity contribution in [1.82, 2.24) is 0 Å². The van der Waals surface area contributed by atoms with Crippen LogP contribution in [0, 0.1) is 6.92 Å². The Morgan fingerprint density at radius 1 is 1.56 bits per heavy atom. The Morgan fingerprint density at radius 3 is 2.72 bits per heavy atom. The van der Waals surface area contributed by atoms with E-state index in [1.165, 1.54) is 36.4 Å². The van der Waals surface area contributed by atoms with E-state index in [0.717, 1.165) is 4.88 Å². The van der Waals surface area contributed by atoms with Gasteiger partial charge in [0.25, 0.3) is 0 Å². The molecule has 0 saturated heterocycles. The van der Waals surface area contributed by atoms with Crippen molar-refractivity contribution in [3.05, 3.63) is 26.9 Å². The molecule has 0 aliphatic carbocycles. The van der Waals surface area contributed by atoms with E-state index >= 15 is 0 Å². The summed E-state index contributed by atoms with van der Waals surface area (Å²) in [4.78, 5) is 23.8. The van der Waals surface area contributed by atoms with Crippen molar-refractivity contribution < 1.29 is 19.4 Å². The topological polar surface area (TPSA) is 75.6 Å². The molecule has 0 fully saturated rings. The van der Waals surface area contributed by atoms with Gasteiger partial charge >= 0.3 is 11.9 Å². The highest BCUT2D eigenvalue weighted by Crippen LogP contribution is 2.27. The first-order valence-electron chi connectivity index (χ1n) is 4.92. The van der Waals surface area contributed by atoms with E-state index in [-0.39, 0.29) is 4.88 Å². The Hall–Kier alpha value is -1.47. The second kappa shape index (κ2) is 6.46. The van der Waals surface area contributed by atoms with Crippen LogP contribution < -0.4 is 5.32 Å². The molecule has 7 heteroatoms. The molecule has 0 aromatic carbocycles. The van der Waals surface area contributed by atoms with Gasteiger partial charge in [0.05, 0.1) is 12.8 Å². The van der Waals surface area contributed by atoms with Gasteiger partial charge in [0, 0.05) is 11.1 Å². The smallest absolute Gasteiger partial charge is 0.348 e. The Bertz CT molecular complexity index is 493. The van der Waals surface area contributed by atoms with Crippen LogP contribution in [0.25, 0.3) is 0 Å². The molecular formula is C11H13NO4S2. The zero-order chi connectivity index (χ0) is 13.7. The Morgan fingerprint density at radius 2 is 2.22 bits per heavy atom. The number of nitrogens with one attached hydrogen (secondary N) is 1. The molecule has 5 nitrogen and oxygen atoms in total. The molecule has 1 heterocycles. The first kappa shape index (κ1) is 14.6. The first-order chi connectivity index (χ1) is 8.49. The van der Waals surface area contributed by atoms with E-state index in [1.807, 2.05) is 6.92 Å². The lowest BCUT2D eigenvalue weighted by atomic mass is 10.3. The molecule has 0 aliphatic rings. The number of rotatable bonds is 5. The number of carbonyl (C=O) groups is 2. The van der Waals surface area contributed by atoms with Gasteiger partial charge in [-0.25, -0.2) is 9.59 Å². The molecule has 1 rings (SSSR count). The minimum absolute atomic E-state index is 0.217. The number of aromatic carboxylic acids is 1. The SMILES string of the molecule is COC(=O)C(=CNc1cc(C)sc1C(=O)O)SC. The second-order valence-corrected chi connectivity index (χ2v) is 5.36. The lowest BCUT2D eigenvalue weighted by molar-refractivity contribution is -0.135. The molecule has 18 heavy (non-hydrogen) atoms. The summed E-state index contributed by atoms with van der Waals surface area (Å²) in [5.41, 5.74) is 0.473. The quantitative estimate of drug-likeness (QED) is 0.640. The summed E-state index contributed by atoms with van der Waals surface area (Å²) in [6.45, 7) is 1.82. The van der Waals surface area contributed by atoms with E-state index in [4.69, 9.17) is 5.11 Å². The number of esters is 1. The number of thiophene rings is 1. The number of thioether (sulfide) groups is 1. The van der Waals surface area contributed by atoms with Crippen LogP contribution >= 0.6 is 23.1 Å². The normalized spacial score (nSPS) is 11.2. The number of carbonyl (C=O) groups excluding carboxylic acids is 1. The van der Waals surface area contributed by atoms with Gasteiger partial charge in [-0.2, -0.15) is 0 Å². The molecule has 0 atom stereocenters. The first-order valence-corrected chi connectivity index (χ1v) is 6.96. The van der Waals surface area contributed by atoms with Gasteiger partial charge in [0.15, 0.2) is 0 Å². The van der Waals surface area contributed by atoms with Gasteiger partial charge < -0.3 is 15.2 Å². The van der Waals surface area contributed by atoms with Crippen LogP contribution in [-0.4, -0.2) is 30.4 Å². The third kappa shape index (κ3) is 3.51. The molecule has 0 radical (unpaired) electrons. The predicted octanol–water partition coefficient (Wildman–Crippen LogP) is 2.54. The molecule has 0 saturated carbocycles. The molecule has 1 aromatic rings. The summed E-state index contributed by atoms with van der Waals surface area (Å²) >= 11 is 2.40. The molecule has 0 unspecified atom stereocenters. The zero-order valence-electron chi connectivity index (χ0n) is 10.1. The summed E-state index contributed by atoms with van der Waals surface area (Å²) < 4.78 is 4.59. The zero-order valence-corrected chi connectivity index (χ0v) is 11.8. The van der Waals surface area contributed by atoms with Crippen LogP contribution in [0.1, 0.15) is 14.5 Å². The lowest BCUT2D eigenvalue weighted by Crippen LogP contribution is -2.04. The molecule has 0 bridgehead atoms. The standard InChI is InChI=1S/C11H13NO4S2/c1-6-4-7(9(18-6)10(13)14)12-5-8(17-3)11(15)16-2/h4-5,12H,1-3H3,(H,13,14). The van der Waals surface area contributed by atoms with Crippen molar-refractivity contribution >= 4 is 40.7 Å².